The third kappa shape index (κ3) is 5.92. The lowest BCUT2D eigenvalue weighted by molar-refractivity contribution is 0.0388. The van der Waals surface area contributed by atoms with Crippen LogP contribution in [0.4, 0.5) is 0 Å². The van der Waals surface area contributed by atoms with Gasteiger partial charge in [0.25, 0.3) is 0 Å². The fraction of sp³-hybridized carbons (Fsp3) is 0.273. The van der Waals surface area contributed by atoms with Crippen LogP contribution >= 0.6 is 0 Å². The lowest BCUT2D eigenvalue weighted by Crippen LogP contribution is -2.12. The molecule has 0 saturated carbocycles. The summed E-state index contributed by atoms with van der Waals surface area (Å²) >= 11 is 0. The van der Waals surface area contributed by atoms with E-state index < -0.39 is 11.9 Å². The minimum absolute atomic E-state index is 0.0108. The van der Waals surface area contributed by atoms with Crippen molar-refractivity contribution in [3.63, 3.8) is 0 Å². The highest BCUT2D eigenvalue weighted by atomic mass is 16.5. The monoisotopic (exact) mass is 630 g/mol. The van der Waals surface area contributed by atoms with Crippen LogP contribution in [0.5, 0.6) is 0 Å². The molecule has 0 bridgehead atoms. The molecule has 47 heavy (non-hydrogen) atoms. The van der Waals surface area contributed by atoms with Crippen molar-refractivity contribution < 1.29 is 19.1 Å². The smallest absolute Gasteiger partial charge is 0.360 e. The average molecular weight is 631 g/mol. The molecule has 14 heteroatoms. The first-order valence-electron chi connectivity index (χ1n) is 15.0. The second-order valence-corrected chi connectivity index (χ2v) is 11.4. The van der Waals surface area contributed by atoms with Gasteiger partial charge in [-0.15, -0.1) is 10.2 Å². The van der Waals surface area contributed by atoms with Crippen LogP contribution < -0.4 is 0 Å². The summed E-state index contributed by atoms with van der Waals surface area (Å²) in [7, 11) is 0. The number of nitrogens with zero attached hydrogens (tertiary/aromatic N) is 10. The van der Waals surface area contributed by atoms with E-state index in [2.05, 4.69) is 32.5 Å². The molecule has 0 fully saturated rings. The normalized spacial score (nSPS) is 11.3. The van der Waals surface area contributed by atoms with Crippen LogP contribution in [0.3, 0.4) is 0 Å². The number of hydrogen-bond donors (Lipinski definition) is 0. The van der Waals surface area contributed by atoms with Gasteiger partial charge in [0, 0.05) is 52.7 Å². The van der Waals surface area contributed by atoms with Crippen molar-refractivity contribution in [2.75, 3.05) is 13.2 Å². The lowest BCUT2D eigenvalue weighted by Gasteiger charge is -2.09. The predicted octanol–water partition coefficient (Wildman–Crippen LogP) is 5.07. The van der Waals surface area contributed by atoms with E-state index in [4.69, 9.17) is 9.47 Å². The number of carbonyl (C=O) groups excluding carboxylic acids is 2. The van der Waals surface area contributed by atoms with Crippen LogP contribution in [-0.2, 0) is 9.47 Å². The molecule has 0 aliphatic rings. The lowest BCUT2D eigenvalue weighted by atomic mass is 10.1. The van der Waals surface area contributed by atoms with Crippen LogP contribution in [0.2, 0.25) is 0 Å². The van der Waals surface area contributed by atoms with Gasteiger partial charge in [-0.05, 0) is 64.1 Å². The molecule has 0 N–H and O–H groups in total. The summed E-state index contributed by atoms with van der Waals surface area (Å²) in [6.45, 7) is 8.15. The van der Waals surface area contributed by atoms with E-state index in [1.54, 1.807) is 0 Å². The first-order chi connectivity index (χ1) is 22.7. The molecule has 0 atom stereocenters. The Morgan fingerprint density at radius 3 is 1.53 bits per heavy atom. The maximum absolute atomic E-state index is 12.6. The van der Waals surface area contributed by atoms with E-state index in [0.717, 1.165) is 21.8 Å². The Kier molecular flexibility index (Phi) is 8.25. The average Bonchev–Trinajstić information content (AvgIpc) is 3.88. The number of esters is 2. The van der Waals surface area contributed by atoms with Crippen LogP contribution in [0.15, 0.2) is 61.2 Å². The van der Waals surface area contributed by atoms with Gasteiger partial charge < -0.3 is 18.6 Å². The third-order valence-corrected chi connectivity index (χ3v) is 7.61. The van der Waals surface area contributed by atoms with Crippen molar-refractivity contribution in [2.45, 2.75) is 46.2 Å². The van der Waals surface area contributed by atoms with Gasteiger partial charge in [0.1, 0.15) is 12.1 Å². The van der Waals surface area contributed by atoms with Crippen molar-refractivity contribution in [3.8, 4) is 23.5 Å². The van der Waals surface area contributed by atoms with Crippen LogP contribution in [0, 0.1) is 22.7 Å². The van der Waals surface area contributed by atoms with Crippen molar-refractivity contribution in [1.82, 2.24) is 39.1 Å². The Bertz CT molecular complexity index is 2060. The van der Waals surface area contributed by atoms with E-state index >= 15 is 0 Å². The minimum atomic E-state index is -0.671. The van der Waals surface area contributed by atoms with E-state index in [1.165, 1.54) is 22.0 Å². The first-order valence-corrected chi connectivity index (χ1v) is 15.0. The molecule has 2 aromatic carbocycles. The molecule has 0 amide bonds. The summed E-state index contributed by atoms with van der Waals surface area (Å²) in [5.74, 6) is -1.34. The molecule has 0 spiro atoms. The third-order valence-electron chi connectivity index (χ3n) is 7.61. The molecule has 236 valence electrons. The summed E-state index contributed by atoms with van der Waals surface area (Å²) in [6, 6.07) is 15.9. The van der Waals surface area contributed by atoms with E-state index in [0.29, 0.717) is 22.5 Å². The predicted molar refractivity (Wildman–Crippen MR) is 169 cm³/mol. The summed E-state index contributed by atoms with van der Waals surface area (Å²) in [5, 5.41) is 37.5. The summed E-state index contributed by atoms with van der Waals surface area (Å²) < 4.78 is 14.6. The molecule has 14 nitrogen and oxygen atoms in total. The highest BCUT2D eigenvalue weighted by Gasteiger charge is 2.18. The van der Waals surface area contributed by atoms with Gasteiger partial charge in [-0.25, -0.2) is 9.59 Å². The fourth-order valence-electron chi connectivity index (χ4n) is 5.27. The second-order valence-electron chi connectivity index (χ2n) is 11.4. The molecular weight excluding hydrogens is 600 g/mol. The highest BCUT2D eigenvalue weighted by molar-refractivity contribution is 5.90. The summed E-state index contributed by atoms with van der Waals surface area (Å²) in [4.78, 5) is 27.7. The largest absolute Gasteiger partial charge is 0.461 e. The Labute approximate surface area is 268 Å². The maximum Gasteiger partial charge on any atom is 0.360 e. The molecule has 0 aliphatic carbocycles. The Balaban J connectivity index is 1.01. The van der Waals surface area contributed by atoms with Crippen molar-refractivity contribution in [2.24, 2.45) is 0 Å². The van der Waals surface area contributed by atoms with Crippen LogP contribution in [-0.4, -0.2) is 64.3 Å². The standard InChI is InChI=1S/C33H30N10O4/c1-20(2)40-18-22(14-34)26-12-24(6-8-30(26)40)42-36-16-28(38-42)32(44)46-10-5-11-47-33(45)29-17-37-43(39-29)25-7-9-31-27(13-25)23(15-35)19-41(31)21(3)4/h6-9,12-13,16-21H,5,10-11H2,1-4H3. The highest BCUT2D eigenvalue weighted by Crippen LogP contribution is 2.28. The number of nitriles is 2. The van der Waals surface area contributed by atoms with Crippen molar-refractivity contribution >= 4 is 33.7 Å². The number of benzene rings is 2. The number of aromatic nitrogens is 8. The van der Waals surface area contributed by atoms with Crippen LogP contribution in [0.1, 0.15) is 78.3 Å². The molecule has 6 rings (SSSR count). The van der Waals surface area contributed by atoms with Crippen LogP contribution in [0.25, 0.3) is 33.2 Å². The number of rotatable bonds is 10. The van der Waals surface area contributed by atoms with Gasteiger partial charge in [-0.3, -0.25) is 0 Å². The zero-order valence-corrected chi connectivity index (χ0v) is 26.2. The topological polar surface area (TPSA) is 171 Å². The SMILES string of the molecule is CC(C)n1cc(C#N)c2cc(-n3ncc(C(=O)OCCCOC(=O)c4cnn(-c5ccc6c(c5)c(C#N)cn6C(C)C)n4)n3)ccc21. The Hall–Kier alpha value is -6.28. The van der Waals surface area contributed by atoms with Gasteiger partial charge in [0.05, 0.1) is 48.1 Å². The van der Waals surface area contributed by atoms with E-state index in [9.17, 15) is 20.1 Å². The molecule has 0 saturated heterocycles. The van der Waals surface area contributed by atoms with Gasteiger partial charge in [0.2, 0.25) is 0 Å². The molecule has 0 unspecified atom stereocenters. The van der Waals surface area contributed by atoms with Crippen molar-refractivity contribution in [3.05, 3.63) is 83.7 Å². The molecule has 0 radical (unpaired) electrons. The zero-order chi connectivity index (χ0) is 33.2. The van der Waals surface area contributed by atoms with E-state index in [1.807, 2.05) is 85.6 Å². The first kappa shape index (κ1) is 30.7. The molecule has 6 aromatic rings. The molecule has 4 aromatic heterocycles. The number of carbonyl (C=O) groups is 2. The summed E-state index contributed by atoms with van der Waals surface area (Å²) in [5.41, 5.74) is 4.13. The molecule has 0 aliphatic heterocycles. The number of hydrogen-bond acceptors (Lipinski definition) is 10. The van der Waals surface area contributed by atoms with Gasteiger partial charge in [-0.1, -0.05) is 0 Å². The fourth-order valence-corrected chi connectivity index (χ4v) is 5.27. The maximum atomic E-state index is 12.6. The Morgan fingerprint density at radius 2 is 1.15 bits per heavy atom. The second kappa shape index (κ2) is 12.6. The number of fused-ring (bicyclic) bond motifs is 2. The number of ether oxygens (including phenoxy) is 2. The zero-order valence-electron chi connectivity index (χ0n) is 26.2. The van der Waals surface area contributed by atoms with Gasteiger partial charge in [0.15, 0.2) is 11.4 Å². The Morgan fingerprint density at radius 1 is 0.723 bits per heavy atom. The van der Waals surface area contributed by atoms with Gasteiger partial charge >= 0.3 is 11.9 Å². The van der Waals surface area contributed by atoms with E-state index in [-0.39, 0.29) is 43.1 Å². The molecule has 4 heterocycles. The summed E-state index contributed by atoms with van der Waals surface area (Å²) in [6.07, 6.45) is 6.50. The van der Waals surface area contributed by atoms with Gasteiger partial charge in [-0.2, -0.15) is 30.3 Å². The van der Waals surface area contributed by atoms with Crippen molar-refractivity contribution in [1.29, 1.82) is 10.5 Å². The quantitative estimate of drug-likeness (QED) is 0.147. The molecular formula is C33H30N10O4. The minimum Gasteiger partial charge on any atom is -0.461 e.